The van der Waals surface area contributed by atoms with E-state index < -0.39 is 34.2 Å². The van der Waals surface area contributed by atoms with Crippen molar-refractivity contribution in [2.45, 2.75) is 32.4 Å². The van der Waals surface area contributed by atoms with Crippen LogP contribution in [0.25, 0.3) is 0 Å². The Morgan fingerprint density at radius 2 is 1.50 bits per heavy atom. The molecule has 0 heterocycles. The highest BCUT2D eigenvalue weighted by Crippen LogP contribution is 2.31. The Hall–Kier alpha value is -2.75. The van der Waals surface area contributed by atoms with Crippen LogP contribution < -0.4 is 14.4 Å². The van der Waals surface area contributed by atoms with E-state index in [2.05, 4.69) is 26.1 Å². The van der Waals surface area contributed by atoms with Gasteiger partial charge in [-0.1, -0.05) is 32.9 Å². The van der Waals surface area contributed by atoms with Crippen molar-refractivity contribution in [3.05, 3.63) is 59.7 Å². The van der Waals surface area contributed by atoms with Gasteiger partial charge in [0, 0.05) is 0 Å². The molecule has 0 unspecified atom stereocenters. The maximum atomic E-state index is 12.7. The van der Waals surface area contributed by atoms with Crippen molar-refractivity contribution >= 4 is 21.6 Å². The van der Waals surface area contributed by atoms with Crippen molar-refractivity contribution in [1.29, 1.82) is 0 Å². The number of nitrogens with zero attached hydrogens (tertiary/aromatic N) is 1. The van der Waals surface area contributed by atoms with Crippen molar-refractivity contribution < 1.29 is 31.1 Å². The second kappa shape index (κ2) is 9.81. The van der Waals surface area contributed by atoms with E-state index in [1.807, 2.05) is 24.3 Å². The molecular formula is C22H27F3N2O4S. The average Bonchev–Trinajstić information content (AvgIpc) is 2.68. The number of ether oxygens (including phenoxy) is 1. The average molecular weight is 473 g/mol. The molecule has 0 saturated heterocycles. The number of carbonyl (C=O) groups excluding carboxylic acids is 1. The van der Waals surface area contributed by atoms with E-state index in [0.717, 1.165) is 40.4 Å². The van der Waals surface area contributed by atoms with Gasteiger partial charge in [-0.3, -0.25) is 9.10 Å². The van der Waals surface area contributed by atoms with Crippen LogP contribution in [-0.4, -0.2) is 40.3 Å². The van der Waals surface area contributed by atoms with Gasteiger partial charge < -0.3 is 10.1 Å². The molecule has 2 aromatic rings. The first-order valence-electron chi connectivity index (χ1n) is 9.83. The SMILES string of the molecule is CC(C)(C)c1ccc(OCCNC(=O)CN(c2ccc(C(F)(F)F)cc2)S(C)(=O)=O)cc1. The Kier molecular flexibility index (Phi) is 7.82. The molecule has 2 rings (SSSR count). The summed E-state index contributed by atoms with van der Waals surface area (Å²) in [5.74, 6) is 0.0248. The fraction of sp³-hybridized carbons (Fsp3) is 0.409. The van der Waals surface area contributed by atoms with Crippen LogP contribution in [0.4, 0.5) is 18.9 Å². The molecule has 0 spiro atoms. The largest absolute Gasteiger partial charge is 0.492 e. The molecule has 0 fully saturated rings. The first-order valence-corrected chi connectivity index (χ1v) is 11.7. The third kappa shape index (κ3) is 7.44. The van der Waals surface area contributed by atoms with Gasteiger partial charge in [-0.25, -0.2) is 8.42 Å². The van der Waals surface area contributed by atoms with Gasteiger partial charge >= 0.3 is 6.18 Å². The Morgan fingerprint density at radius 3 is 1.97 bits per heavy atom. The number of carbonyl (C=O) groups is 1. The van der Waals surface area contributed by atoms with Crippen LogP contribution in [-0.2, 0) is 26.4 Å². The summed E-state index contributed by atoms with van der Waals surface area (Å²) in [5.41, 5.74) is 0.227. The van der Waals surface area contributed by atoms with Crippen LogP contribution in [0.15, 0.2) is 48.5 Å². The summed E-state index contributed by atoms with van der Waals surface area (Å²) in [4.78, 5) is 12.2. The second-order valence-electron chi connectivity index (χ2n) is 8.29. The molecule has 0 atom stereocenters. The van der Waals surface area contributed by atoms with Crippen LogP contribution >= 0.6 is 0 Å². The maximum absolute atomic E-state index is 12.7. The zero-order valence-corrected chi connectivity index (χ0v) is 19.2. The minimum absolute atomic E-state index is 0.0189. The summed E-state index contributed by atoms with van der Waals surface area (Å²) < 4.78 is 68.6. The molecule has 1 N–H and O–H groups in total. The number of nitrogens with one attached hydrogen (secondary N) is 1. The molecular weight excluding hydrogens is 445 g/mol. The third-order valence-corrected chi connectivity index (χ3v) is 5.72. The molecule has 0 bridgehead atoms. The number of hydrogen-bond acceptors (Lipinski definition) is 4. The summed E-state index contributed by atoms with van der Waals surface area (Å²) in [6.45, 7) is 6.03. The van der Waals surface area contributed by atoms with Crippen LogP contribution in [0.1, 0.15) is 31.9 Å². The predicted octanol–water partition coefficient (Wildman–Crippen LogP) is 3.96. The molecule has 0 radical (unpaired) electrons. The third-order valence-electron chi connectivity index (χ3n) is 4.58. The van der Waals surface area contributed by atoms with Crippen LogP contribution in [0, 0.1) is 0 Å². The molecule has 0 aliphatic carbocycles. The van der Waals surface area contributed by atoms with Crippen LogP contribution in [0.5, 0.6) is 5.75 Å². The zero-order chi connectivity index (χ0) is 24.2. The highest BCUT2D eigenvalue weighted by Gasteiger charge is 2.30. The first-order chi connectivity index (χ1) is 14.7. The summed E-state index contributed by atoms with van der Waals surface area (Å²) >= 11 is 0. The smallest absolute Gasteiger partial charge is 0.416 e. The maximum Gasteiger partial charge on any atom is 0.416 e. The van der Waals surface area contributed by atoms with E-state index in [0.29, 0.717) is 5.75 Å². The van der Waals surface area contributed by atoms with E-state index >= 15 is 0 Å². The van der Waals surface area contributed by atoms with Crippen molar-refractivity contribution in [3.8, 4) is 5.75 Å². The van der Waals surface area contributed by atoms with Crippen molar-refractivity contribution in [3.63, 3.8) is 0 Å². The van der Waals surface area contributed by atoms with E-state index in [-0.39, 0.29) is 24.3 Å². The number of benzene rings is 2. The van der Waals surface area contributed by atoms with E-state index in [9.17, 15) is 26.4 Å². The van der Waals surface area contributed by atoms with Crippen molar-refractivity contribution in [2.24, 2.45) is 0 Å². The lowest BCUT2D eigenvalue weighted by atomic mass is 9.87. The first kappa shape index (κ1) is 25.5. The number of halogens is 3. The van der Waals surface area contributed by atoms with E-state index in [1.165, 1.54) is 0 Å². The number of sulfonamides is 1. The molecule has 0 aliphatic rings. The number of rotatable bonds is 8. The minimum Gasteiger partial charge on any atom is -0.492 e. The van der Waals surface area contributed by atoms with Gasteiger partial charge in [0.15, 0.2) is 0 Å². The number of amides is 1. The quantitative estimate of drug-likeness (QED) is 0.590. The number of hydrogen-bond donors (Lipinski definition) is 1. The van der Waals surface area contributed by atoms with Crippen LogP contribution in [0.2, 0.25) is 0 Å². The topological polar surface area (TPSA) is 75.7 Å². The molecule has 1 amide bonds. The molecule has 0 aliphatic heterocycles. The Morgan fingerprint density at radius 1 is 0.969 bits per heavy atom. The van der Waals surface area contributed by atoms with Gasteiger partial charge in [0.2, 0.25) is 15.9 Å². The minimum atomic E-state index is -4.54. The molecule has 32 heavy (non-hydrogen) atoms. The molecule has 2 aromatic carbocycles. The molecule has 0 aromatic heterocycles. The normalized spacial score (nSPS) is 12.3. The number of anilines is 1. The zero-order valence-electron chi connectivity index (χ0n) is 18.4. The molecule has 10 heteroatoms. The fourth-order valence-electron chi connectivity index (χ4n) is 2.81. The lowest BCUT2D eigenvalue weighted by molar-refractivity contribution is -0.137. The highest BCUT2D eigenvalue weighted by molar-refractivity contribution is 7.92. The molecule has 176 valence electrons. The van der Waals surface area contributed by atoms with Gasteiger partial charge in [0.25, 0.3) is 0 Å². The van der Waals surface area contributed by atoms with Gasteiger partial charge in [-0.2, -0.15) is 13.2 Å². The Labute approximate surface area is 186 Å². The molecule has 6 nitrogen and oxygen atoms in total. The Bertz CT molecular complexity index is 1010. The van der Waals surface area contributed by atoms with E-state index in [1.54, 1.807) is 0 Å². The van der Waals surface area contributed by atoms with Gasteiger partial charge in [0.1, 0.15) is 18.9 Å². The summed E-state index contributed by atoms with van der Waals surface area (Å²) in [7, 11) is -3.89. The molecule has 0 saturated carbocycles. The summed E-state index contributed by atoms with van der Waals surface area (Å²) in [5, 5.41) is 2.55. The standard InChI is InChI=1S/C22H27F3N2O4S/c1-21(2,3)16-7-11-19(12-8-16)31-14-13-26-20(28)15-27(32(4,29)30)18-9-5-17(6-10-18)22(23,24)25/h5-12H,13-15H2,1-4H3,(H,26,28). The predicted molar refractivity (Wildman–Crippen MR) is 117 cm³/mol. The number of alkyl halides is 3. The second-order valence-corrected chi connectivity index (χ2v) is 10.2. The van der Waals surface area contributed by atoms with Crippen molar-refractivity contribution in [1.82, 2.24) is 5.32 Å². The van der Waals surface area contributed by atoms with Gasteiger partial charge in [-0.05, 0) is 47.4 Å². The monoisotopic (exact) mass is 472 g/mol. The van der Waals surface area contributed by atoms with Gasteiger partial charge in [-0.15, -0.1) is 0 Å². The lowest BCUT2D eigenvalue weighted by Gasteiger charge is -2.22. The lowest BCUT2D eigenvalue weighted by Crippen LogP contribution is -2.41. The summed E-state index contributed by atoms with van der Waals surface area (Å²) in [6.07, 6.45) is -3.67. The highest BCUT2D eigenvalue weighted by atomic mass is 32.2. The Balaban J connectivity index is 1.91. The van der Waals surface area contributed by atoms with Crippen molar-refractivity contribution in [2.75, 3.05) is 30.3 Å². The van der Waals surface area contributed by atoms with Crippen LogP contribution in [0.3, 0.4) is 0 Å². The van der Waals surface area contributed by atoms with E-state index in [4.69, 9.17) is 4.74 Å². The summed E-state index contributed by atoms with van der Waals surface area (Å²) in [6, 6.07) is 11.2. The fourth-order valence-corrected chi connectivity index (χ4v) is 3.67. The van der Waals surface area contributed by atoms with Gasteiger partial charge in [0.05, 0.1) is 24.1 Å².